The van der Waals surface area contributed by atoms with Crippen molar-refractivity contribution < 1.29 is 22.7 Å². The van der Waals surface area contributed by atoms with Crippen molar-refractivity contribution in [2.75, 3.05) is 14.2 Å². The summed E-state index contributed by atoms with van der Waals surface area (Å²) in [6, 6.07) is 17.3. The van der Waals surface area contributed by atoms with Gasteiger partial charge in [-0.25, -0.2) is 12.4 Å². The van der Waals surface area contributed by atoms with Crippen LogP contribution in [0.4, 0.5) is 0 Å². The number of rotatable bonds is 6. The Labute approximate surface area is 247 Å². The number of aldehydes is 1. The monoisotopic (exact) mass is 583 g/mol. The molecule has 42 heavy (non-hydrogen) atoms. The summed E-state index contributed by atoms with van der Waals surface area (Å²) in [4.78, 5) is 12.2. The first-order chi connectivity index (χ1) is 20.2. The second kappa shape index (κ2) is 9.73. The van der Waals surface area contributed by atoms with Gasteiger partial charge in [0.2, 0.25) is 0 Å². The Morgan fingerprint density at radius 3 is 2.52 bits per heavy atom. The van der Waals surface area contributed by atoms with Gasteiger partial charge in [0.25, 0.3) is 10.0 Å². The van der Waals surface area contributed by atoms with E-state index in [4.69, 9.17) is 9.47 Å². The fourth-order valence-corrected chi connectivity index (χ4v) is 10.4. The van der Waals surface area contributed by atoms with Crippen molar-refractivity contribution in [3.63, 3.8) is 0 Å². The van der Waals surface area contributed by atoms with E-state index in [0.717, 1.165) is 71.9 Å². The second-order valence-corrected chi connectivity index (χ2v) is 14.3. The Kier molecular flexibility index (Phi) is 6.32. The molecular weight excluding hydrogens is 546 g/mol. The van der Waals surface area contributed by atoms with Crippen molar-refractivity contribution in [1.29, 1.82) is 0 Å². The Hall–Kier alpha value is -3.58. The van der Waals surface area contributed by atoms with Gasteiger partial charge in [0.05, 0.1) is 24.6 Å². The van der Waals surface area contributed by atoms with Crippen molar-refractivity contribution in [3.8, 4) is 11.5 Å². The van der Waals surface area contributed by atoms with Gasteiger partial charge in [0, 0.05) is 28.5 Å². The van der Waals surface area contributed by atoms with Gasteiger partial charge < -0.3 is 14.3 Å². The van der Waals surface area contributed by atoms with E-state index in [1.165, 1.54) is 11.1 Å². The van der Waals surface area contributed by atoms with E-state index in [0.29, 0.717) is 29.0 Å². The lowest BCUT2D eigenvalue weighted by molar-refractivity contribution is -0.107. The number of ether oxygens (including phenoxy) is 2. The zero-order chi connectivity index (χ0) is 29.4. The maximum atomic E-state index is 14.6. The molecule has 3 aliphatic carbocycles. The number of nitrogens with zero attached hydrogens (tertiary/aromatic N) is 1. The summed E-state index contributed by atoms with van der Waals surface area (Å²) in [5, 5.41) is 0.875. The van der Waals surface area contributed by atoms with Gasteiger partial charge in [-0.2, -0.15) is 0 Å². The summed E-state index contributed by atoms with van der Waals surface area (Å²) >= 11 is 0. The highest BCUT2D eigenvalue weighted by molar-refractivity contribution is 7.90. The minimum Gasteiger partial charge on any atom is -0.497 e. The summed E-state index contributed by atoms with van der Waals surface area (Å²) in [7, 11) is -0.594. The molecule has 1 heterocycles. The van der Waals surface area contributed by atoms with Gasteiger partial charge in [-0.3, -0.25) is 0 Å². The highest BCUT2D eigenvalue weighted by atomic mass is 32.2. The predicted octanol–water partition coefficient (Wildman–Crippen LogP) is 6.52. The summed E-state index contributed by atoms with van der Waals surface area (Å²) < 4.78 is 42.0. The number of carbonyl (C=O) groups excluding carboxylic acids is 1. The number of hydrogen-bond acceptors (Lipinski definition) is 5. The molecule has 218 valence electrons. The van der Waals surface area contributed by atoms with Gasteiger partial charge in [-0.05, 0) is 110 Å². The van der Waals surface area contributed by atoms with Crippen LogP contribution in [0.2, 0.25) is 0 Å². The average molecular weight is 584 g/mol. The molecule has 0 amide bonds. The van der Waals surface area contributed by atoms with Crippen LogP contribution in [0.3, 0.4) is 0 Å². The van der Waals surface area contributed by atoms with Crippen molar-refractivity contribution in [2.45, 2.75) is 68.6 Å². The van der Waals surface area contributed by atoms with Crippen LogP contribution in [0.15, 0.2) is 59.5 Å². The Morgan fingerprint density at radius 2 is 1.81 bits per heavy atom. The van der Waals surface area contributed by atoms with E-state index in [1.807, 2.05) is 25.1 Å². The van der Waals surface area contributed by atoms with Crippen LogP contribution < -0.4 is 9.47 Å². The third-order valence-electron chi connectivity index (χ3n) is 10.6. The second-order valence-electron chi connectivity index (χ2n) is 12.6. The molecule has 1 fully saturated rings. The fourth-order valence-electron chi connectivity index (χ4n) is 8.70. The zero-order valence-electron chi connectivity index (χ0n) is 24.6. The molecule has 0 spiro atoms. The molecule has 4 aromatic rings. The minimum absolute atomic E-state index is 0.171. The molecule has 3 aromatic carbocycles. The first-order valence-corrected chi connectivity index (χ1v) is 16.3. The quantitative estimate of drug-likeness (QED) is 0.242. The van der Waals surface area contributed by atoms with Crippen molar-refractivity contribution in [3.05, 3.63) is 88.1 Å². The highest BCUT2D eigenvalue weighted by Crippen LogP contribution is 2.62. The lowest BCUT2D eigenvalue weighted by atomic mass is 9.55. The third kappa shape index (κ3) is 3.75. The van der Waals surface area contributed by atoms with Gasteiger partial charge >= 0.3 is 0 Å². The number of aromatic nitrogens is 1. The normalized spacial score (nSPS) is 24.4. The largest absolute Gasteiger partial charge is 0.497 e. The molecule has 0 N–H and O–H groups in total. The van der Waals surface area contributed by atoms with Crippen LogP contribution in [0.1, 0.15) is 65.6 Å². The summed E-state index contributed by atoms with van der Waals surface area (Å²) in [5.41, 5.74) is 6.89. The molecular formula is C35H37NO5S. The number of aryl methyl sites for hydroxylation is 2. The van der Waals surface area contributed by atoms with Gasteiger partial charge in [0.1, 0.15) is 17.8 Å². The molecule has 0 saturated heterocycles. The molecule has 1 aromatic heterocycles. The topological polar surface area (TPSA) is 74.6 Å². The van der Waals surface area contributed by atoms with Gasteiger partial charge in [-0.1, -0.05) is 30.7 Å². The Bertz CT molecular complexity index is 1840. The molecule has 0 bridgehead atoms. The number of fused-ring (bicyclic) bond motifs is 9. The van der Waals surface area contributed by atoms with E-state index >= 15 is 0 Å². The molecule has 3 aliphatic rings. The van der Waals surface area contributed by atoms with E-state index in [-0.39, 0.29) is 16.7 Å². The molecule has 0 unspecified atom stereocenters. The molecule has 7 rings (SSSR count). The van der Waals surface area contributed by atoms with Crippen LogP contribution in [0.25, 0.3) is 10.9 Å². The minimum atomic E-state index is -3.92. The van der Waals surface area contributed by atoms with E-state index in [1.54, 1.807) is 36.4 Å². The van der Waals surface area contributed by atoms with Crippen LogP contribution in [-0.4, -0.2) is 32.9 Å². The van der Waals surface area contributed by atoms with Crippen molar-refractivity contribution >= 4 is 27.2 Å². The number of hydrogen-bond donors (Lipinski definition) is 0. The van der Waals surface area contributed by atoms with Crippen LogP contribution in [0.5, 0.6) is 11.5 Å². The number of carbonyl (C=O) groups is 1. The lowest BCUT2D eigenvalue weighted by Gasteiger charge is -2.49. The van der Waals surface area contributed by atoms with Crippen LogP contribution >= 0.6 is 0 Å². The third-order valence-corrected chi connectivity index (χ3v) is 12.3. The predicted molar refractivity (Wildman–Crippen MR) is 163 cm³/mol. The Balaban J connectivity index is 1.45. The highest BCUT2D eigenvalue weighted by Gasteiger charge is 2.56. The zero-order valence-corrected chi connectivity index (χ0v) is 25.5. The summed E-state index contributed by atoms with van der Waals surface area (Å²) in [6.07, 6.45) is 5.83. The molecule has 1 saturated carbocycles. The lowest BCUT2D eigenvalue weighted by Crippen LogP contribution is -2.44. The van der Waals surface area contributed by atoms with Gasteiger partial charge in [-0.15, -0.1) is 0 Å². The van der Waals surface area contributed by atoms with Crippen LogP contribution in [0, 0.1) is 18.8 Å². The van der Waals surface area contributed by atoms with Crippen molar-refractivity contribution in [2.24, 2.45) is 11.8 Å². The SMILES string of the molecule is COc1ccc2c(c1)CC[C@@H]1[C@@H]2CC[C@]2(C)c3c(c4c(CC=O)c(OC)ccc4n3S(=O)(=O)c3ccc(C)cc3)C[C@@H]12. The number of benzene rings is 3. The maximum Gasteiger partial charge on any atom is 0.268 e. The summed E-state index contributed by atoms with van der Waals surface area (Å²) in [6.45, 7) is 4.25. The summed E-state index contributed by atoms with van der Waals surface area (Å²) in [5.74, 6) is 2.72. The average Bonchev–Trinajstić information content (AvgIpc) is 3.49. The van der Waals surface area contributed by atoms with Crippen LogP contribution in [-0.2, 0) is 39.5 Å². The van der Waals surface area contributed by atoms with Crippen molar-refractivity contribution in [1.82, 2.24) is 3.97 Å². The standard InChI is InChI=1S/C35H37NO5S/c1-21-5-9-24(10-6-21)42(38,39)36-31-13-14-32(41-4)28(16-18-37)33(31)29-20-30-27-11-7-22-19-23(40-3)8-12-25(22)26(27)15-17-35(30,2)34(29)36/h5-6,8-10,12-14,18-19,26-27,30H,7,11,15-17,20H2,1-4H3/t26-,27-,30+,35+/m1/s1. The maximum absolute atomic E-state index is 14.6. The first-order valence-electron chi connectivity index (χ1n) is 14.9. The Morgan fingerprint density at radius 1 is 1.02 bits per heavy atom. The van der Waals surface area contributed by atoms with Gasteiger partial charge in [0.15, 0.2) is 0 Å². The first kappa shape index (κ1) is 27.3. The molecule has 0 radical (unpaired) electrons. The molecule has 0 aliphatic heterocycles. The number of methoxy groups -OCH3 is 2. The van der Waals surface area contributed by atoms with E-state index < -0.39 is 10.0 Å². The molecule has 6 nitrogen and oxygen atoms in total. The smallest absolute Gasteiger partial charge is 0.268 e. The molecule has 7 heteroatoms. The van der Waals surface area contributed by atoms with E-state index in [2.05, 4.69) is 25.1 Å². The fraction of sp³-hybridized carbons (Fsp3) is 0.400. The van der Waals surface area contributed by atoms with E-state index in [9.17, 15) is 13.2 Å². The molecule has 4 atom stereocenters.